The molecule has 0 unspecified atom stereocenters. The molecule has 0 rings (SSSR count). The van der Waals surface area contributed by atoms with Crippen LogP contribution in [-0.2, 0) is 87.2 Å². The Kier molecular flexibility index (Phi) is 71.1. The molecule has 19 heavy (non-hydrogen) atoms. The van der Waals surface area contributed by atoms with Crippen LogP contribution >= 0.6 is 48.9 Å². The fourth-order valence-electron chi connectivity index (χ4n) is 0. The molecule has 0 radical (unpaired) electrons. The Labute approximate surface area is 174 Å². The summed E-state index contributed by atoms with van der Waals surface area (Å²) in [4.78, 5) is 0. The van der Waals surface area contributed by atoms with Gasteiger partial charge >= 0.3 is 23.2 Å². The van der Waals surface area contributed by atoms with Crippen LogP contribution in [0.15, 0.2) is 0 Å². The molecule has 0 amide bonds. The molecule has 0 saturated carbocycles. The topological polar surface area (TPSA) is 121 Å². The van der Waals surface area contributed by atoms with E-state index in [4.69, 9.17) is 3.40 Å². The smallest absolute Gasteiger partial charge is 0.210 e. The van der Waals surface area contributed by atoms with Crippen LogP contribution in [0.25, 0.3) is 0 Å². The minimum atomic E-state index is 0. The fourth-order valence-corrected chi connectivity index (χ4v) is 0. The maximum absolute atomic E-state index is 8.26. The molecule has 0 heterocycles. The van der Waals surface area contributed by atoms with Gasteiger partial charge in [-0.25, -0.2) is 13.5 Å². The molecule has 0 aliphatic rings. The second-order valence-corrected chi connectivity index (χ2v) is 5.83. The van der Waals surface area contributed by atoms with Gasteiger partial charge in [-0.15, -0.1) is 0 Å². The van der Waals surface area contributed by atoms with Gasteiger partial charge in [-0.2, -0.15) is 0 Å². The molecule has 15 heteroatoms. The van der Waals surface area contributed by atoms with Crippen molar-refractivity contribution in [1.29, 1.82) is 0 Å². The summed E-state index contributed by atoms with van der Waals surface area (Å²) in [6.45, 7) is 0. The standard InChI is InChI=1S/4CH3NS2.Mo.O.H4S/c4*2-1(3)4;;;/h4*(H3,2,3,4);;;1H4/q;;;;+2;;+2/p-4. The summed E-state index contributed by atoms with van der Waals surface area (Å²) in [5, 5.41) is 0. The molecule has 0 atom stereocenters. The van der Waals surface area contributed by atoms with E-state index in [1.54, 1.807) is 0 Å². The van der Waals surface area contributed by atoms with Gasteiger partial charge in [0.15, 0.2) is 0 Å². The average molecular weight is 517 g/mol. The summed E-state index contributed by atoms with van der Waals surface area (Å²) in [6, 6.07) is 0. The Morgan fingerprint density at radius 3 is 0.632 bits per heavy atom. The van der Waals surface area contributed by atoms with Crippen LogP contribution in [-0.4, -0.2) is 17.3 Å². The Morgan fingerprint density at radius 1 is 0.632 bits per heavy atom. The Balaban J connectivity index is -0.0000000279. The van der Waals surface area contributed by atoms with Gasteiger partial charge < -0.3 is 122 Å². The normalized spacial score (nSPS) is 5.21. The molecule has 5 nitrogen and oxygen atoms in total. The van der Waals surface area contributed by atoms with Crippen molar-refractivity contribution in [3.8, 4) is 0 Å². The molecule has 0 aliphatic carbocycles. The zero-order chi connectivity index (χ0) is 16.3. The van der Waals surface area contributed by atoms with E-state index in [9.17, 15) is 0 Å². The minimum Gasteiger partial charge on any atom is -0.210 e. The van der Waals surface area contributed by atoms with Gasteiger partial charge in [0.25, 0.3) is 0 Å². The van der Waals surface area contributed by atoms with Crippen molar-refractivity contribution in [2.45, 2.75) is 0 Å². The minimum absolute atomic E-state index is 0. The molecular formula is C4H12MoN4OS9. The van der Waals surface area contributed by atoms with Gasteiger partial charge in [0.2, 0.25) is 0 Å². The first-order chi connectivity index (χ1) is 7.93. The first kappa shape index (κ1) is 37.0. The number of hydrogen-bond acceptors (Lipinski definition) is 9. The SMILES string of the molecule is NC(=S)[S-].NC(=S)[S-].NC(=S)[S-].NC(=S)[S-].[O]=[Mo+2].[SH4+2]. The monoisotopic (exact) mass is 518 g/mol. The van der Waals surface area contributed by atoms with Crippen molar-refractivity contribution in [2.75, 3.05) is 0 Å². The van der Waals surface area contributed by atoms with Crippen molar-refractivity contribution >= 4 is 130 Å². The van der Waals surface area contributed by atoms with E-state index in [2.05, 4.69) is 122 Å². The summed E-state index contributed by atoms with van der Waals surface area (Å²) >= 11 is 33.7. The maximum atomic E-state index is 8.26. The predicted octanol–water partition coefficient (Wildman–Crippen LogP) is -2.09. The van der Waals surface area contributed by atoms with Crippen LogP contribution < -0.4 is 22.9 Å². The molecule has 0 spiro atoms. The van der Waals surface area contributed by atoms with Crippen molar-refractivity contribution in [2.24, 2.45) is 22.9 Å². The van der Waals surface area contributed by atoms with E-state index in [0.29, 0.717) is 19.8 Å². The van der Waals surface area contributed by atoms with E-state index in [1.165, 1.54) is 0 Å². The summed E-state index contributed by atoms with van der Waals surface area (Å²) in [7, 11) is 0. The van der Waals surface area contributed by atoms with Crippen LogP contribution in [0.3, 0.4) is 0 Å². The Morgan fingerprint density at radius 2 is 0.632 bits per heavy atom. The van der Waals surface area contributed by atoms with Gasteiger partial charge in [-0.05, 0) is 0 Å². The third kappa shape index (κ3) is 3520. The van der Waals surface area contributed by atoms with E-state index in [1.807, 2.05) is 0 Å². The third-order valence-electron chi connectivity index (χ3n) is 0. The molecule has 0 aliphatic heterocycles. The summed E-state index contributed by atoms with van der Waals surface area (Å²) in [5.41, 5.74) is 18.6. The molecule has 0 bridgehead atoms. The largest absolute Gasteiger partial charge is 0.210 e. The molecule has 0 saturated heterocycles. The Bertz CT molecular complexity index is 188. The number of nitrogens with two attached hydrogens (primary N) is 4. The van der Waals surface area contributed by atoms with E-state index in [-0.39, 0.29) is 30.8 Å². The van der Waals surface area contributed by atoms with Crippen LogP contribution in [0.1, 0.15) is 0 Å². The van der Waals surface area contributed by atoms with Gasteiger partial charge in [0.05, 0.1) is 0 Å². The fraction of sp³-hybridized carbons (Fsp3) is 0. The van der Waals surface area contributed by atoms with Crippen LogP contribution in [0.2, 0.25) is 0 Å². The molecule has 0 fully saturated rings. The van der Waals surface area contributed by atoms with E-state index >= 15 is 0 Å². The molecular weight excluding hydrogens is 505 g/mol. The van der Waals surface area contributed by atoms with Gasteiger partial charge in [0, 0.05) is 0 Å². The molecule has 8 N–H and O–H groups in total. The third-order valence-corrected chi connectivity index (χ3v) is 0. The average Bonchev–Trinajstić information content (AvgIpc) is 2.01. The van der Waals surface area contributed by atoms with Crippen molar-refractivity contribution in [1.82, 2.24) is 0 Å². The molecule has 114 valence electrons. The first-order valence-electron chi connectivity index (χ1n) is 2.95. The number of thiocarbonyl (C=S) groups is 4. The summed E-state index contributed by atoms with van der Waals surface area (Å²) in [6.07, 6.45) is 0. The zero-order valence-corrected chi connectivity index (χ0v) is 19.1. The van der Waals surface area contributed by atoms with E-state index < -0.39 is 0 Å². The van der Waals surface area contributed by atoms with Crippen LogP contribution in [0.4, 0.5) is 0 Å². The maximum Gasteiger partial charge on any atom is -0.210 e. The summed E-state index contributed by atoms with van der Waals surface area (Å²) < 4.78 is 8.59. The second kappa shape index (κ2) is 36.5. The van der Waals surface area contributed by atoms with Crippen LogP contribution in [0, 0.1) is 0 Å². The van der Waals surface area contributed by atoms with E-state index in [0.717, 1.165) is 0 Å². The summed E-state index contributed by atoms with van der Waals surface area (Å²) in [5.74, 6) is 0. The Hall–Kier alpha value is 1.28. The molecule has 0 aromatic rings. The van der Waals surface area contributed by atoms with Crippen molar-refractivity contribution in [3.63, 3.8) is 0 Å². The quantitative estimate of drug-likeness (QED) is 0.160. The number of hydrogen-bond donors (Lipinski definition) is 4. The molecule has 0 aromatic carbocycles. The first-order valence-corrected chi connectivity index (χ1v) is 7.04. The number of rotatable bonds is 0. The van der Waals surface area contributed by atoms with Gasteiger partial charge in [0.1, 0.15) is 0 Å². The second-order valence-electron chi connectivity index (χ2n) is 1.28. The van der Waals surface area contributed by atoms with Gasteiger partial charge in [-0.3, -0.25) is 0 Å². The van der Waals surface area contributed by atoms with Crippen molar-refractivity contribution < 1.29 is 23.2 Å². The zero-order valence-electron chi connectivity index (χ0n) is 9.10. The molecule has 0 aromatic heterocycles. The van der Waals surface area contributed by atoms with Gasteiger partial charge in [-0.1, -0.05) is 17.3 Å². The van der Waals surface area contributed by atoms with Crippen LogP contribution in [0.5, 0.6) is 0 Å². The predicted molar refractivity (Wildman–Crippen MR) is 110 cm³/mol. The van der Waals surface area contributed by atoms with Crippen molar-refractivity contribution in [3.05, 3.63) is 0 Å².